The van der Waals surface area contributed by atoms with Crippen LogP contribution in [0.2, 0.25) is 0 Å². The van der Waals surface area contributed by atoms with E-state index in [9.17, 15) is 8.78 Å². The number of nitrogens with one attached hydrogen (secondary N) is 1. The van der Waals surface area contributed by atoms with Gasteiger partial charge in [-0.1, -0.05) is 6.07 Å². The molecule has 0 bridgehead atoms. The van der Waals surface area contributed by atoms with Gasteiger partial charge in [-0.05, 0) is 42.4 Å². The van der Waals surface area contributed by atoms with Gasteiger partial charge in [0.05, 0.1) is 0 Å². The summed E-state index contributed by atoms with van der Waals surface area (Å²) < 4.78 is 27.1. The highest BCUT2D eigenvalue weighted by molar-refractivity contribution is 5.32. The Labute approximate surface area is 105 Å². The Kier molecular flexibility index (Phi) is 3.99. The van der Waals surface area contributed by atoms with Crippen LogP contribution in [0.5, 0.6) is 0 Å². The van der Waals surface area contributed by atoms with Crippen molar-refractivity contribution in [2.24, 2.45) is 0 Å². The first-order valence-corrected chi connectivity index (χ1v) is 5.72. The summed E-state index contributed by atoms with van der Waals surface area (Å²) in [6.45, 7) is 0.520. The average Bonchev–Trinajstić information content (AvgIpc) is 2.40. The molecule has 0 aliphatic rings. The number of hydrogen-bond acceptors (Lipinski definition) is 2. The smallest absolute Gasteiger partial charge is 0.127 e. The highest BCUT2D eigenvalue weighted by Gasteiger charge is 2.18. The maximum Gasteiger partial charge on any atom is 0.127 e. The Morgan fingerprint density at radius 2 is 2.11 bits per heavy atom. The van der Waals surface area contributed by atoms with Gasteiger partial charge in [-0.15, -0.1) is 0 Å². The van der Waals surface area contributed by atoms with Gasteiger partial charge in [0, 0.05) is 24.9 Å². The molecule has 1 heterocycles. The molecule has 94 valence electrons. The summed E-state index contributed by atoms with van der Waals surface area (Å²) in [6, 6.07) is 7.17. The molecular formula is C14H14F2N2. The molecule has 1 atom stereocenters. The van der Waals surface area contributed by atoms with Crippen LogP contribution in [-0.2, 0) is 0 Å². The van der Waals surface area contributed by atoms with Crippen molar-refractivity contribution in [3.8, 4) is 0 Å². The topological polar surface area (TPSA) is 24.9 Å². The van der Waals surface area contributed by atoms with Crippen molar-refractivity contribution in [2.45, 2.75) is 5.92 Å². The minimum absolute atomic E-state index is 0.251. The SMILES string of the molecule is CNCC(c1cccnc1)c1cc(F)ccc1F. The van der Waals surface area contributed by atoms with E-state index in [-0.39, 0.29) is 5.92 Å². The fourth-order valence-corrected chi connectivity index (χ4v) is 1.98. The highest BCUT2D eigenvalue weighted by Crippen LogP contribution is 2.26. The lowest BCUT2D eigenvalue weighted by Gasteiger charge is -2.18. The number of rotatable bonds is 4. The molecule has 0 saturated carbocycles. The number of halogens is 2. The van der Waals surface area contributed by atoms with Crippen LogP contribution >= 0.6 is 0 Å². The van der Waals surface area contributed by atoms with Crippen LogP contribution in [0, 0.1) is 11.6 Å². The van der Waals surface area contributed by atoms with E-state index in [4.69, 9.17) is 0 Å². The molecule has 18 heavy (non-hydrogen) atoms. The molecule has 0 amide bonds. The second kappa shape index (κ2) is 5.69. The van der Waals surface area contributed by atoms with Crippen LogP contribution in [0.1, 0.15) is 17.0 Å². The van der Waals surface area contributed by atoms with E-state index in [1.165, 1.54) is 6.07 Å². The Morgan fingerprint density at radius 3 is 2.78 bits per heavy atom. The van der Waals surface area contributed by atoms with E-state index in [2.05, 4.69) is 10.3 Å². The maximum atomic E-state index is 13.8. The zero-order valence-corrected chi connectivity index (χ0v) is 10.0. The normalized spacial score (nSPS) is 12.4. The minimum atomic E-state index is -0.434. The van der Waals surface area contributed by atoms with E-state index >= 15 is 0 Å². The number of nitrogens with zero attached hydrogens (tertiary/aromatic N) is 1. The quantitative estimate of drug-likeness (QED) is 0.899. The van der Waals surface area contributed by atoms with Crippen molar-refractivity contribution in [3.63, 3.8) is 0 Å². The predicted molar refractivity (Wildman–Crippen MR) is 66.4 cm³/mol. The first-order valence-electron chi connectivity index (χ1n) is 5.72. The van der Waals surface area contributed by atoms with Crippen LogP contribution < -0.4 is 5.32 Å². The van der Waals surface area contributed by atoms with E-state index in [1.54, 1.807) is 25.5 Å². The third-order valence-electron chi connectivity index (χ3n) is 2.83. The third kappa shape index (κ3) is 2.71. The van der Waals surface area contributed by atoms with Crippen molar-refractivity contribution in [1.29, 1.82) is 0 Å². The summed E-state index contributed by atoms with van der Waals surface area (Å²) in [7, 11) is 1.78. The van der Waals surface area contributed by atoms with E-state index in [1.807, 2.05) is 6.07 Å². The number of benzene rings is 1. The van der Waals surface area contributed by atoms with E-state index in [0.717, 1.165) is 17.7 Å². The molecule has 2 aromatic rings. The molecule has 0 radical (unpaired) electrons. The van der Waals surface area contributed by atoms with Gasteiger partial charge in [0.15, 0.2) is 0 Å². The van der Waals surface area contributed by atoms with Crippen molar-refractivity contribution in [3.05, 3.63) is 65.5 Å². The zero-order chi connectivity index (χ0) is 13.0. The first kappa shape index (κ1) is 12.6. The largest absolute Gasteiger partial charge is 0.319 e. The summed E-state index contributed by atoms with van der Waals surface area (Å²) in [6.07, 6.45) is 3.33. The zero-order valence-electron chi connectivity index (χ0n) is 10.0. The lowest BCUT2D eigenvalue weighted by Crippen LogP contribution is -2.19. The lowest BCUT2D eigenvalue weighted by molar-refractivity contribution is 0.567. The average molecular weight is 248 g/mol. The molecule has 1 unspecified atom stereocenters. The molecule has 1 N–H and O–H groups in total. The van der Waals surface area contributed by atoms with Gasteiger partial charge in [-0.3, -0.25) is 4.98 Å². The number of hydrogen-bond donors (Lipinski definition) is 1. The molecule has 1 aromatic heterocycles. The van der Waals surface area contributed by atoms with Crippen LogP contribution in [0.4, 0.5) is 8.78 Å². The molecule has 2 nitrogen and oxygen atoms in total. The van der Waals surface area contributed by atoms with Gasteiger partial charge < -0.3 is 5.32 Å². The summed E-state index contributed by atoms with van der Waals surface area (Å²) >= 11 is 0. The third-order valence-corrected chi connectivity index (χ3v) is 2.83. The Bertz CT molecular complexity index is 514. The molecule has 0 saturated heterocycles. The summed E-state index contributed by atoms with van der Waals surface area (Å²) in [5.41, 5.74) is 1.20. The number of likely N-dealkylation sites (N-methyl/N-ethyl adjacent to an activating group) is 1. The predicted octanol–water partition coefficient (Wildman–Crippen LogP) is 2.71. The van der Waals surface area contributed by atoms with Crippen molar-refractivity contribution in [2.75, 3.05) is 13.6 Å². The fourth-order valence-electron chi connectivity index (χ4n) is 1.98. The maximum absolute atomic E-state index is 13.8. The Hall–Kier alpha value is -1.81. The molecule has 0 spiro atoms. The molecule has 1 aromatic carbocycles. The lowest BCUT2D eigenvalue weighted by atomic mass is 9.92. The van der Waals surface area contributed by atoms with Crippen molar-refractivity contribution >= 4 is 0 Å². The molecule has 0 aliphatic carbocycles. The number of pyridine rings is 1. The van der Waals surface area contributed by atoms with Crippen molar-refractivity contribution in [1.82, 2.24) is 10.3 Å². The van der Waals surface area contributed by atoms with E-state index in [0.29, 0.717) is 12.1 Å². The van der Waals surface area contributed by atoms with E-state index < -0.39 is 11.6 Å². The van der Waals surface area contributed by atoms with Gasteiger partial charge in [0.25, 0.3) is 0 Å². The highest BCUT2D eigenvalue weighted by atomic mass is 19.1. The second-order valence-corrected chi connectivity index (χ2v) is 4.06. The number of aromatic nitrogens is 1. The van der Waals surface area contributed by atoms with Crippen LogP contribution in [0.15, 0.2) is 42.7 Å². The Balaban J connectivity index is 2.44. The van der Waals surface area contributed by atoms with Gasteiger partial charge in [-0.25, -0.2) is 8.78 Å². The van der Waals surface area contributed by atoms with Crippen LogP contribution in [-0.4, -0.2) is 18.6 Å². The van der Waals surface area contributed by atoms with Crippen LogP contribution in [0.25, 0.3) is 0 Å². The molecule has 4 heteroatoms. The van der Waals surface area contributed by atoms with Gasteiger partial charge >= 0.3 is 0 Å². The monoisotopic (exact) mass is 248 g/mol. The molecule has 0 fully saturated rings. The fraction of sp³-hybridized carbons (Fsp3) is 0.214. The molecular weight excluding hydrogens is 234 g/mol. The van der Waals surface area contributed by atoms with Gasteiger partial charge in [0.2, 0.25) is 0 Å². The summed E-state index contributed by atoms with van der Waals surface area (Å²) in [4.78, 5) is 4.02. The molecule has 2 rings (SSSR count). The van der Waals surface area contributed by atoms with Crippen LogP contribution in [0.3, 0.4) is 0 Å². The second-order valence-electron chi connectivity index (χ2n) is 4.06. The van der Waals surface area contributed by atoms with Gasteiger partial charge in [0.1, 0.15) is 11.6 Å². The van der Waals surface area contributed by atoms with Crippen molar-refractivity contribution < 1.29 is 8.78 Å². The first-order chi connectivity index (χ1) is 8.72. The Morgan fingerprint density at radius 1 is 1.28 bits per heavy atom. The van der Waals surface area contributed by atoms with Gasteiger partial charge in [-0.2, -0.15) is 0 Å². The molecule has 0 aliphatic heterocycles. The summed E-state index contributed by atoms with van der Waals surface area (Å²) in [5.74, 6) is -1.09. The minimum Gasteiger partial charge on any atom is -0.319 e. The summed E-state index contributed by atoms with van der Waals surface area (Å²) in [5, 5.41) is 2.99. The standard InChI is InChI=1S/C14H14F2N2/c1-17-9-13(10-3-2-6-18-8-10)12-7-11(15)4-5-14(12)16/h2-8,13,17H,9H2,1H3.